The zero-order valence-corrected chi connectivity index (χ0v) is 25.3. The van der Waals surface area contributed by atoms with Gasteiger partial charge in [0.25, 0.3) is 0 Å². The number of nitrogens with two attached hydrogens (primary N) is 2. The molecule has 1 saturated heterocycles. The Bertz CT molecular complexity index is 1650. The minimum atomic E-state index is -0.551. The van der Waals surface area contributed by atoms with Crippen molar-refractivity contribution in [1.29, 1.82) is 5.41 Å². The first-order valence-electron chi connectivity index (χ1n) is 15.1. The van der Waals surface area contributed by atoms with Gasteiger partial charge in [-0.1, -0.05) is 30.2 Å². The lowest BCUT2D eigenvalue weighted by atomic mass is 9.92. The van der Waals surface area contributed by atoms with Gasteiger partial charge >= 0.3 is 5.69 Å². The molecule has 0 radical (unpaired) electrons. The van der Waals surface area contributed by atoms with E-state index in [1.165, 1.54) is 4.57 Å². The van der Waals surface area contributed by atoms with Crippen molar-refractivity contribution in [3.05, 3.63) is 81.1 Å². The maximum atomic E-state index is 15.1. The van der Waals surface area contributed by atoms with Crippen molar-refractivity contribution in [2.45, 2.75) is 63.1 Å². The second kappa shape index (κ2) is 14.4. The van der Waals surface area contributed by atoms with E-state index < -0.39 is 11.5 Å². The summed E-state index contributed by atoms with van der Waals surface area (Å²) in [5.74, 6) is -0.200. The molecule has 4 aromatic rings. The van der Waals surface area contributed by atoms with Crippen molar-refractivity contribution in [1.82, 2.24) is 25.2 Å². The van der Waals surface area contributed by atoms with Crippen LogP contribution in [0.4, 0.5) is 4.39 Å². The Labute approximate surface area is 260 Å². The normalized spacial score (nSPS) is 17.6. The fraction of sp³-hybridized carbons (Fsp3) is 0.406. The van der Waals surface area contributed by atoms with E-state index in [1.54, 1.807) is 24.4 Å². The van der Waals surface area contributed by atoms with Crippen LogP contribution in [0.25, 0.3) is 28.0 Å². The van der Waals surface area contributed by atoms with Crippen LogP contribution in [-0.4, -0.2) is 57.3 Å². The summed E-state index contributed by atoms with van der Waals surface area (Å²) in [6.07, 6.45) is 7.85. The molecule has 10 nitrogen and oxygen atoms in total. The summed E-state index contributed by atoms with van der Waals surface area (Å²) >= 11 is 6.24. The van der Waals surface area contributed by atoms with Crippen molar-refractivity contribution in [2.24, 2.45) is 11.5 Å². The number of rotatable bonds is 12. The Balaban J connectivity index is 1.32. The number of amidine groups is 1. The number of aryl methyl sites for hydroxylation is 1. The maximum Gasteiger partial charge on any atom is 0.354 e. The molecule has 1 fully saturated rings. The van der Waals surface area contributed by atoms with Crippen LogP contribution in [0.1, 0.15) is 55.7 Å². The zero-order chi connectivity index (χ0) is 31.2. The molecule has 0 unspecified atom stereocenters. The van der Waals surface area contributed by atoms with Gasteiger partial charge in [-0.2, -0.15) is 4.98 Å². The Morgan fingerprint density at radius 1 is 1.25 bits per heavy atom. The number of hydrogen-bond donors (Lipinski definition) is 7. The van der Waals surface area contributed by atoms with Crippen LogP contribution < -0.4 is 27.8 Å². The number of nitrogens with zero attached hydrogens (tertiary/aromatic N) is 2. The summed E-state index contributed by atoms with van der Waals surface area (Å²) in [5, 5.41) is 24.3. The van der Waals surface area contributed by atoms with Gasteiger partial charge in [0, 0.05) is 41.8 Å². The number of fused-ring (bicyclic) bond motifs is 1. The number of aliphatic hydroxyl groups excluding tert-OH is 1. The highest BCUT2D eigenvalue weighted by Gasteiger charge is 2.22. The summed E-state index contributed by atoms with van der Waals surface area (Å²) in [4.78, 5) is 20.3. The molecule has 3 heterocycles. The SMILES string of the molecule is N=C(CN)NCC[C@@H]1CCC[C@@H](c2ccc(-n3cc4cc(-c5cc(CCC[C@@H](N)CO)cc(Cl)c5F)[nH]c4nc3=O)cc2)N1. The summed E-state index contributed by atoms with van der Waals surface area (Å²) < 4.78 is 16.6. The number of halogens is 2. The number of nitrogens with one attached hydrogen (secondary N) is 4. The predicted octanol–water partition coefficient (Wildman–Crippen LogP) is 3.91. The second-order valence-corrected chi connectivity index (χ2v) is 11.9. The highest BCUT2D eigenvalue weighted by Crippen LogP contribution is 2.32. The van der Waals surface area contributed by atoms with Gasteiger partial charge < -0.3 is 32.2 Å². The van der Waals surface area contributed by atoms with Crippen LogP contribution in [0.5, 0.6) is 0 Å². The molecule has 5 rings (SSSR count). The first-order valence-corrected chi connectivity index (χ1v) is 15.5. The Morgan fingerprint density at radius 3 is 2.80 bits per heavy atom. The van der Waals surface area contributed by atoms with Crippen LogP contribution >= 0.6 is 11.6 Å². The van der Waals surface area contributed by atoms with E-state index in [1.807, 2.05) is 24.3 Å². The quantitative estimate of drug-likeness (QED) is 0.0927. The van der Waals surface area contributed by atoms with Gasteiger partial charge in [0.1, 0.15) is 11.5 Å². The third-order valence-electron chi connectivity index (χ3n) is 8.25. The molecule has 2 aromatic carbocycles. The number of H-pyrrole nitrogens is 1. The van der Waals surface area contributed by atoms with Crippen molar-refractivity contribution in [2.75, 3.05) is 19.7 Å². The van der Waals surface area contributed by atoms with E-state index in [-0.39, 0.29) is 30.3 Å². The molecule has 0 amide bonds. The first-order chi connectivity index (χ1) is 21.2. The largest absolute Gasteiger partial charge is 0.395 e. The average Bonchev–Trinajstić information content (AvgIpc) is 3.44. The van der Waals surface area contributed by atoms with Crippen molar-refractivity contribution in [3.63, 3.8) is 0 Å². The maximum absolute atomic E-state index is 15.1. The first kappa shape index (κ1) is 31.8. The molecule has 0 spiro atoms. The van der Waals surface area contributed by atoms with Crippen LogP contribution in [-0.2, 0) is 6.42 Å². The molecule has 9 N–H and O–H groups in total. The van der Waals surface area contributed by atoms with E-state index >= 15 is 4.39 Å². The van der Waals surface area contributed by atoms with E-state index in [0.29, 0.717) is 59.2 Å². The fourth-order valence-electron chi connectivity index (χ4n) is 5.82. The third-order valence-corrected chi connectivity index (χ3v) is 8.53. The van der Waals surface area contributed by atoms with Crippen molar-refractivity contribution in [3.8, 4) is 16.9 Å². The predicted molar refractivity (Wildman–Crippen MR) is 173 cm³/mol. The molecule has 3 atom stereocenters. The lowest BCUT2D eigenvalue weighted by Gasteiger charge is -2.31. The highest BCUT2D eigenvalue weighted by molar-refractivity contribution is 6.31. The molecular weight excluding hydrogens is 583 g/mol. The topological polar surface area (TPSA) is 171 Å². The lowest BCUT2D eigenvalue weighted by molar-refractivity contribution is 0.258. The Morgan fingerprint density at radius 2 is 2.05 bits per heavy atom. The minimum absolute atomic E-state index is 0.0118. The summed E-state index contributed by atoms with van der Waals surface area (Å²) in [6.45, 7) is 0.850. The number of aromatic amines is 1. The van der Waals surface area contributed by atoms with Crippen molar-refractivity contribution >= 4 is 28.5 Å². The molecule has 44 heavy (non-hydrogen) atoms. The highest BCUT2D eigenvalue weighted by atomic mass is 35.5. The van der Waals surface area contributed by atoms with Gasteiger partial charge in [0.2, 0.25) is 0 Å². The molecule has 1 aliphatic rings. The third kappa shape index (κ3) is 7.54. The molecule has 234 valence electrons. The van der Waals surface area contributed by atoms with Crippen LogP contribution in [0.3, 0.4) is 0 Å². The van der Waals surface area contributed by atoms with E-state index in [4.69, 9.17) is 33.6 Å². The van der Waals surface area contributed by atoms with Gasteiger partial charge in [0.05, 0.1) is 29.6 Å². The fourth-order valence-corrected chi connectivity index (χ4v) is 6.06. The molecule has 2 aromatic heterocycles. The molecule has 0 saturated carbocycles. The van der Waals surface area contributed by atoms with E-state index in [9.17, 15) is 4.79 Å². The van der Waals surface area contributed by atoms with E-state index in [0.717, 1.165) is 43.2 Å². The number of benzene rings is 2. The van der Waals surface area contributed by atoms with Crippen LogP contribution in [0.2, 0.25) is 5.02 Å². The summed E-state index contributed by atoms with van der Waals surface area (Å²) in [7, 11) is 0. The Kier molecular flexibility index (Phi) is 10.4. The average molecular weight is 623 g/mol. The molecule has 1 aliphatic heterocycles. The summed E-state index contributed by atoms with van der Waals surface area (Å²) in [5.41, 5.74) is 14.7. The van der Waals surface area contributed by atoms with Gasteiger partial charge in [-0.25, -0.2) is 9.18 Å². The van der Waals surface area contributed by atoms with Crippen LogP contribution in [0, 0.1) is 11.2 Å². The van der Waals surface area contributed by atoms with Gasteiger partial charge in [-0.15, -0.1) is 0 Å². The molecular formula is C32H40ClFN8O2. The van der Waals surface area contributed by atoms with E-state index in [2.05, 4.69) is 20.6 Å². The monoisotopic (exact) mass is 622 g/mol. The number of hydrogen-bond acceptors (Lipinski definition) is 7. The lowest BCUT2D eigenvalue weighted by Crippen LogP contribution is -2.40. The smallest absolute Gasteiger partial charge is 0.354 e. The van der Waals surface area contributed by atoms with Gasteiger partial charge in [0.15, 0.2) is 5.82 Å². The molecule has 0 bridgehead atoms. The van der Waals surface area contributed by atoms with Crippen LogP contribution in [0.15, 0.2) is 53.5 Å². The van der Waals surface area contributed by atoms with Crippen molar-refractivity contribution < 1.29 is 9.50 Å². The number of aromatic nitrogens is 3. The second-order valence-electron chi connectivity index (χ2n) is 11.5. The summed E-state index contributed by atoms with van der Waals surface area (Å²) in [6, 6.07) is 13.3. The molecule has 0 aliphatic carbocycles. The number of piperidine rings is 1. The zero-order valence-electron chi connectivity index (χ0n) is 24.6. The minimum Gasteiger partial charge on any atom is -0.395 e. The van der Waals surface area contributed by atoms with Gasteiger partial charge in [-0.05, 0) is 80.0 Å². The molecule has 12 heteroatoms. The Hall–Kier alpha value is -3.61. The number of aliphatic hydroxyl groups is 1. The standard InChI is InChI=1S/C32H40ClFN8O2/c33-26-14-19(3-1-4-22(36)18-43)13-25(30(26)34)28-15-21-17-42(32(44)41-31(21)40-28)24-9-7-20(8-10-24)27-6-2-5-23(39-27)11-12-38-29(37)16-35/h7-10,13-15,17,22-23,27,39,43H,1-6,11-12,16,18,35-36H2,(H2,37,38)(H,40,41,44)/t22-,23+,27+/m1/s1. The van der Waals surface area contributed by atoms with Gasteiger partial charge in [-0.3, -0.25) is 9.98 Å².